The number of ether oxygens (including phenoxy) is 1. The average Bonchev–Trinajstić information content (AvgIpc) is 3.41. The van der Waals surface area contributed by atoms with Gasteiger partial charge in [-0.1, -0.05) is 49.0 Å². The van der Waals surface area contributed by atoms with Crippen molar-refractivity contribution >= 4 is 28.7 Å². The quantitative estimate of drug-likeness (QED) is 0.430. The predicted octanol–water partition coefficient (Wildman–Crippen LogP) is 3.20. The molecule has 4 rings (SSSR count). The minimum atomic E-state index is -0.0748. The van der Waals surface area contributed by atoms with Gasteiger partial charge in [0.05, 0.1) is 11.9 Å². The lowest BCUT2D eigenvalue weighted by atomic mass is 10.1. The molecule has 1 unspecified atom stereocenters. The van der Waals surface area contributed by atoms with E-state index < -0.39 is 0 Å². The van der Waals surface area contributed by atoms with Crippen molar-refractivity contribution in [3.63, 3.8) is 0 Å². The van der Waals surface area contributed by atoms with Gasteiger partial charge in [-0.3, -0.25) is 14.2 Å². The van der Waals surface area contributed by atoms with E-state index in [0.717, 1.165) is 37.0 Å². The average molecular weight is 441 g/mol. The Bertz CT molecular complexity index is 1120. The molecule has 0 bridgehead atoms. The molecule has 1 amide bonds. The number of hydrogen-bond acceptors (Lipinski definition) is 5. The number of carbonyl (C=O) groups is 1. The zero-order valence-electron chi connectivity index (χ0n) is 18.0. The van der Waals surface area contributed by atoms with Gasteiger partial charge >= 0.3 is 0 Å². The minimum Gasteiger partial charge on any atom is -0.376 e. The monoisotopic (exact) mass is 440 g/mol. The zero-order valence-corrected chi connectivity index (χ0v) is 18.8. The highest BCUT2D eigenvalue weighted by atomic mass is 32.2. The van der Waals surface area contributed by atoms with E-state index in [9.17, 15) is 9.59 Å². The van der Waals surface area contributed by atoms with Gasteiger partial charge in [0.25, 0.3) is 5.56 Å². The van der Waals surface area contributed by atoms with Crippen LogP contribution in [-0.2, 0) is 23.1 Å². The highest BCUT2D eigenvalue weighted by Gasteiger charge is 2.20. The van der Waals surface area contributed by atoms with E-state index in [1.807, 2.05) is 55.1 Å². The molecule has 31 heavy (non-hydrogen) atoms. The summed E-state index contributed by atoms with van der Waals surface area (Å²) in [7, 11) is 1.87. The van der Waals surface area contributed by atoms with Gasteiger partial charge in [-0.25, -0.2) is 4.98 Å². The van der Waals surface area contributed by atoms with Gasteiger partial charge in [-0.15, -0.1) is 0 Å². The molecule has 0 radical (unpaired) electrons. The molecule has 1 aromatic carbocycles. The summed E-state index contributed by atoms with van der Waals surface area (Å²) in [6.45, 7) is 3.89. The first-order valence-corrected chi connectivity index (χ1v) is 11.7. The van der Waals surface area contributed by atoms with Crippen molar-refractivity contribution in [2.75, 3.05) is 18.9 Å². The lowest BCUT2D eigenvalue weighted by Crippen LogP contribution is -2.33. The number of rotatable bonds is 8. The highest BCUT2D eigenvalue weighted by molar-refractivity contribution is 7.99. The van der Waals surface area contributed by atoms with Gasteiger partial charge in [0, 0.05) is 38.5 Å². The molecule has 7 nitrogen and oxygen atoms in total. The second-order valence-electron chi connectivity index (χ2n) is 7.80. The van der Waals surface area contributed by atoms with Crippen LogP contribution in [0.1, 0.15) is 26.2 Å². The Morgan fingerprint density at radius 1 is 1.32 bits per heavy atom. The SMILES string of the molecule is CCCn1c(SCC(=O)NCC2CCCO2)nc2c(-c3ccccc3)cn(C)c2c1=O. The molecule has 1 saturated heterocycles. The molecule has 0 aliphatic carbocycles. The number of hydrogen-bond donors (Lipinski definition) is 1. The van der Waals surface area contributed by atoms with Crippen LogP contribution in [0, 0.1) is 0 Å². The number of nitrogens with zero attached hydrogens (tertiary/aromatic N) is 3. The molecule has 8 heteroatoms. The van der Waals surface area contributed by atoms with Crippen molar-refractivity contribution in [3.8, 4) is 11.1 Å². The summed E-state index contributed by atoms with van der Waals surface area (Å²) < 4.78 is 9.10. The largest absolute Gasteiger partial charge is 0.376 e. The van der Waals surface area contributed by atoms with Crippen molar-refractivity contribution in [1.82, 2.24) is 19.4 Å². The Balaban J connectivity index is 1.62. The first kappa shape index (κ1) is 21.6. The Morgan fingerprint density at radius 3 is 2.84 bits per heavy atom. The fourth-order valence-electron chi connectivity index (χ4n) is 3.92. The number of amides is 1. The summed E-state index contributed by atoms with van der Waals surface area (Å²) in [5.74, 6) is 0.135. The summed E-state index contributed by atoms with van der Waals surface area (Å²) in [6, 6.07) is 9.94. The molecule has 2 aromatic heterocycles. The fourth-order valence-corrected chi connectivity index (χ4v) is 4.77. The fraction of sp³-hybridized carbons (Fsp3) is 0.435. The number of nitrogens with one attached hydrogen (secondary N) is 1. The van der Waals surface area contributed by atoms with Gasteiger partial charge in [-0.05, 0) is 24.8 Å². The Kier molecular flexibility index (Phi) is 6.77. The maximum atomic E-state index is 13.3. The topological polar surface area (TPSA) is 78.2 Å². The molecule has 1 aliphatic heterocycles. The van der Waals surface area contributed by atoms with Crippen LogP contribution in [0.25, 0.3) is 22.2 Å². The Morgan fingerprint density at radius 2 is 2.13 bits per heavy atom. The summed E-state index contributed by atoms with van der Waals surface area (Å²) >= 11 is 1.31. The van der Waals surface area contributed by atoms with Crippen LogP contribution in [0.15, 0.2) is 46.5 Å². The van der Waals surface area contributed by atoms with Gasteiger partial charge < -0.3 is 14.6 Å². The van der Waals surface area contributed by atoms with Gasteiger partial charge in [-0.2, -0.15) is 0 Å². The van der Waals surface area contributed by atoms with E-state index in [1.165, 1.54) is 11.8 Å². The molecule has 164 valence electrons. The van der Waals surface area contributed by atoms with E-state index in [-0.39, 0.29) is 23.3 Å². The van der Waals surface area contributed by atoms with Crippen LogP contribution in [0.2, 0.25) is 0 Å². The van der Waals surface area contributed by atoms with E-state index in [4.69, 9.17) is 9.72 Å². The summed E-state index contributed by atoms with van der Waals surface area (Å²) in [4.78, 5) is 30.6. The molecule has 0 saturated carbocycles. The molecule has 3 aromatic rings. The molecule has 3 heterocycles. The molecule has 1 atom stereocenters. The third kappa shape index (κ3) is 4.70. The second kappa shape index (κ2) is 9.70. The number of thioether (sulfide) groups is 1. The third-order valence-electron chi connectivity index (χ3n) is 5.46. The van der Waals surface area contributed by atoms with Crippen LogP contribution in [-0.4, -0.2) is 45.0 Å². The van der Waals surface area contributed by atoms with Crippen LogP contribution in [0.5, 0.6) is 0 Å². The van der Waals surface area contributed by atoms with Crippen molar-refractivity contribution in [2.24, 2.45) is 7.05 Å². The van der Waals surface area contributed by atoms with Crippen LogP contribution in [0.4, 0.5) is 0 Å². The normalized spacial score (nSPS) is 16.1. The van der Waals surface area contributed by atoms with Gasteiger partial charge in [0.2, 0.25) is 5.91 Å². The van der Waals surface area contributed by atoms with Gasteiger partial charge in [0.15, 0.2) is 5.16 Å². The second-order valence-corrected chi connectivity index (χ2v) is 8.74. The van der Waals surface area contributed by atoms with E-state index in [2.05, 4.69) is 5.32 Å². The first-order valence-electron chi connectivity index (χ1n) is 10.7. The van der Waals surface area contributed by atoms with Crippen LogP contribution >= 0.6 is 11.8 Å². The number of carbonyl (C=O) groups excluding carboxylic acids is 1. The van der Waals surface area contributed by atoms with Gasteiger partial charge in [0.1, 0.15) is 11.0 Å². The smallest absolute Gasteiger partial charge is 0.278 e. The predicted molar refractivity (Wildman–Crippen MR) is 123 cm³/mol. The Hall–Kier alpha value is -2.58. The summed E-state index contributed by atoms with van der Waals surface area (Å²) in [5, 5.41) is 3.51. The maximum Gasteiger partial charge on any atom is 0.278 e. The van der Waals surface area contributed by atoms with Crippen molar-refractivity contribution in [1.29, 1.82) is 0 Å². The van der Waals surface area contributed by atoms with Crippen molar-refractivity contribution in [2.45, 2.75) is 44.0 Å². The van der Waals surface area contributed by atoms with E-state index in [1.54, 1.807) is 4.57 Å². The number of fused-ring (bicyclic) bond motifs is 1. The Labute approximate surface area is 185 Å². The molecular weight excluding hydrogens is 412 g/mol. The lowest BCUT2D eigenvalue weighted by molar-refractivity contribution is -0.119. The lowest BCUT2D eigenvalue weighted by Gasteiger charge is -2.13. The molecule has 0 spiro atoms. The molecule has 1 N–H and O–H groups in total. The van der Waals surface area contributed by atoms with Crippen molar-refractivity contribution < 1.29 is 9.53 Å². The number of benzene rings is 1. The maximum absolute atomic E-state index is 13.3. The van der Waals surface area contributed by atoms with Crippen LogP contribution < -0.4 is 10.9 Å². The summed E-state index contributed by atoms with van der Waals surface area (Å²) in [5.41, 5.74) is 3.12. The van der Waals surface area contributed by atoms with E-state index >= 15 is 0 Å². The summed E-state index contributed by atoms with van der Waals surface area (Å²) in [6.07, 6.45) is 4.90. The standard InChI is InChI=1S/C23H28N4O3S/c1-3-11-27-22(29)21-20(18(14-26(21)2)16-8-5-4-6-9-16)25-23(27)31-15-19(28)24-13-17-10-7-12-30-17/h4-6,8-9,14,17H,3,7,10-13,15H2,1-2H3,(H,24,28). The van der Waals surface area contributed by atoms with E-state index in [0.29, 0.717) is 29.3 Å². The highest BCUT2D eigenvalue weighted by Crippen LogP contribution is 2.29. The molecule has 1 aliphatic rings. The van der Waals surface area contributed by atoms with Crippen molar-refractivity contribution in [3.05, 3.63) is 46.9 Å². The minimum absolute atomic E-state index is 0.0706. The first-order chi connectivity index (χ1) is 15.1. The number of aryl methyl sites for hydroxylation is 1. The molecular formula is C23H28N4O3S. The molecule has 1 fully saturated rings. The van der Waals surface area contributed by atoms with Crippen LogP contribution in [0.3, 0.4) is 0 Å². The number of aromatic nitrogens is 3. The zero-order chi connectivity index (χ0) is 21.8. The third-order valence-corrected chi connectivity index (χ3v) is 6.43.